The van der Waals surface area contributed by atoms with Crippen LogP contribution in [0.3, 0.4) is 0 Å². The van der Waals surface area contributed by atoms with Gasteiger partial charge in [-0.15, -0.1) is 0 Å². The first kappa shape index (κ1) is 18.1. The van der Waals surface area contributed by atoms with E-state index in [2.05, 4.69) is 4.98 Å². The van der Waals surface area contributed by atoms with Crippen molar-refractivity contribution in [2.45, 2.75) is 0 Å². The molecule has 3 heterocycles. The standard InChI is InChI=1S/C19H17ClN4O4/c20-13-4-1-2-5-14(13)24-17(25)12-16(21-19(24)27)22-7-9-23(10-8-22)18(26)15-6-3-11-28-15/h1-6,11-12H,7-10H2,(H,21,27). The van der Waals surface area contributed by atoms with Gasteiger partial charge in [-0.3, -0.25) is 14.6 Å². The maximum Gasteiger partial charge on any atom is 0.334 e. The molecule has 1 fully saturated rings. The van der Waals surface area contributed by atoms with Gasteiger partial charge < -0.3 is 14.2 Å². The van der Waals surface area contributed by atoms with E-state index in [1.54, 1.807) is 41.3 Å². The number of furan rings is 1. The molecule has 2 aromatic heterocycles. The molecule has 0 radical (unpaired) electrons. The van der Waals surface area contributed by atoms with Crippen LogP contribution in [0, 0.1) is 0 Å². The van der Waals surface area contributed by atoms with Crippen LogP contribution < -0.4 is 16.1 Å². The van der Waals surface area contributed by atoms with E-state index in [-0.39, 0.29) is 5.91 Å². The van der Waals surface area contributed by atoms with Gasteiger partial charge in [-0.25, -0.2) is 9.36 Å². The van der Waals surface area contributed by atoms with Crippen LogP contribution in [0.1, 0.15) is 10.6 Å². The highest BCUT2D eigenvalue weighted by Crippen LogP contribution is 2.18. The predicted octanol–water partition coefficient (Wildman–Crippen LogP) is 1.73. The molecule has 3 aromatic rings. The average Bonchev–Trinajstić information content (AvgIpc) is 3.23. The second kappa shape index (κ2) is 7.40. The number of H-pyrrole nitrogens is 1. The number of aromatic amines is 1. The summed E-state index contributed by atoms with van der Waals surface area (Å²) in [6, 6.07) is 11.3. The zero-order valence-corrected chi connectivity index (χ0v) is 15.6. The summed E-state index contributed by atoms with van der Waals surface area (Å²) in [5.41, 5.74) is -0.707. The van der Waals surface area contributed by atoms with E-state index in [1.807, 2.05) is 4.90 Å². The van der Waals surface area contributed by atoms with Crippen LogP contribution in [0.15, 0.2) is 62.7 Å². The van der Waals surface area contributed by atoms with Crippen LogP contribution in [-0.4, -0.2) is 46.5 Å². The minimum atomic E-state index is -0.565. The van der Waals surface area contributed by atoms with Gasteiger partial charge in [0.2, 0.25) is 0 Å². The fourth-order valence-corrected chi connectivity index (χ4v) is 3.44. The number of para-hydroxylation sites is 1. The quantitative estimate of drug-likeness (QED) is 0.723. The Kier molecular flexibility index (Phi) is 4.79. The van der Waals surface area contributed by atoms with Gasteiger partial charge in [0.1, 0.15) is 5.82 Å². The van der Waals surface area contributed by atoms with E-state index < -0.39 is 11.2 Å². The number of carbonyl (C=O) groups excluding carboxylic acids is 1. The lowest BCUT2D eigenvalue weighted by molar-refractivity contribution is 0.0714. The molecule has 0 saturated carbocycles. The molecule has 0 bridgehead atoms. The van der Waals surface area contributed by atoms with Crippen molar-refractivity contribution in [2.75, 3.05) is 31.1 Å². The lowest BCUT2D eigenvalue weighted by Gasteiger charge is -2.35. The maximum atomic E-state index is 12.6. The van der Waals surface area contributed by atoms with E-state index in [9.17, 15) is 14.4 Å². The van der Waals surface area contributed by atoms with Crippen molar-refractivity contribution in [3.8, 4) is 5.69 Å². The molecular weight excluding hydrogens is 384 g/mol. The summed E-state index contributed by atoms with van der Waals surface area (Å²) in [5.74, 6) is 0.542. The number of hydrogen-bond donors (Lipinski definition) is 1. The van der Waals surface area contributed by atoms with E-state index >= 15 is 0 Å². The largest absolute Gasteiger partial charge is 0.459 e. The highest BCUT2D eigenvalue weighted by Gasteiger charge is 2.24. The Morgan fingerprint density at radius 1 is 1.04 bits per heavy atom. The van der Waals surface area contributed by atoms with E-state index in [0.717, 1.165) is 4.57 Å². The number of hydrogen-bond acceptors (Lipinski definition) is 5. The van der Waals surface area contributed by atoms with Gasteiger partial charge in [-0.05, 0) is 24.3 Å². The molecule has 1 aromatic carbocycles. The summed E-state index contributed by atoms with van der Waals surface area (Å²) in [6.45, 7) is 1.88. The van der Waals surface area contributed by atoms with Crippen molar-refractivity contribution in [2.24, 2.45) is 0 Å². The summed E-state index contributed by atoms with van der Waals surface area (Å²) >= 11 is 6.11. The number of nitrogens with zero attached hydrogens (tertiary/aromatic N) is 3. The lowest BCUT2D eigenvalue weighted by atomic mass is 10.2. The number of halogens is 1. The third kappa shape index (κ3) is 3.34. The van der Waals surface area contributed by atoms with Gasteiger partial charge in [-0.2, -0.15) is 0 Å². The molecular formula is C19H17ClN4O4. The highest BCUT2D eigenvalue weighted by molar-refractivity contribution is 6.32. The van der Waals surface area contributed by atoms with Crippen molar-refractivity contribution in [3.63, 3.8) is 0 Å². The molecule has 28 heavy (non-hydrogen) atoms. The van der Waals surface area contributed by atoms with Crippen LogP contribution in [0.5, 0.6) is 0 Å². The number of benzene rings is 1. The average molecular weight is 401 g/mol. The predicted molar refractivity (Wildman–Crippen MR) is 104 cm³/mol. The molecule has 0 aliphatic carbocycles. The topological polar surface area (TPSA) is 91.6 Å². The van der Waals surface area contributed by atoms with Crippen molar-refractivity contribution in [3.05, 3.63) is 80.3 Å². The third-order valence-corrected chi connectivity index (χ3v) is 4.97. The Labute approximate surface area is 164 Å². The number of aromatic nitrogens is 2. The number of piperazine rings is 1. The van der Waals surface area contributed by atoms with Gasteiger partial charge in [-0.1, -0.05) is 23.7 Å². The van der Waals surface area contributed by atoms with Gasteiger partial charge in [0.05, 0.1) is 17.0 Å². The molecule has 0 atom stereocenters. The number of anilines is 1. The number of carbonyl (C=O) groups is 1. The zero-order chi connectivity index (χ0) is 19.7. The zero-order valence-electron chi connectivity index (χ0n) is 14.8. The molecule has 9 heteroatoms. The van der Waals surface area contributed by atoms with E-state index in [4.69, 9.17) is 16.0 Å². The normalized spacial score (nSPS) is 14.3. The van der Waals surface area contributed by atoms with Crippen molar-refractivity contribution >= 4 is 23.3 Å². The number of rotatable bonds is 3. The molecule has 0 spiro atoms. The smallest absolute Gasteiger partial charge is 0.334 e. The Morgan fingerprint density at radius 2 is 1.79 bits per heavy atom. The second-order valence-electron chi connectivity index (χ2n) is 6.34. The third-order valence-electron chi connectivity index (χ3n) is 4.65. The lowest BCUT2D eigenvalue weighted by Crippen LogP contribution is -2.50. The minimum Gasteiger partial charge on any atom is -0.459 e. The van der Waals surface area contributed by atoms with Crippen LogP contribution in [-0.2, 0) is 0 Å². The molecule has 1 N–H and O–H groups in total. The summed E-state index contributed by atoms with van der Waals surface area (Å²) in [5, 5.41) is 0.313. The number of nitrogens with one attached hydrogen (secondary N) is 1. The van der Waals surface area contributed by atoms with E-state index in [0.29, 0.717) is 48.5 Å². The second-order valence-corrected chi connectivity index (χ2v) is 6.75. The monoisotopic (exact) mass is 400 g/mol. The van der Waals surface area contributed by atoms with Gasteiger partial charge in [0.25, 0.3) is 11.5 Å². The first-order chi connectivity index (χ1) is 13.5. The van der Waals surface area contributed by atoms with Crippen molar-refractivity contribution in [1.29, 1.82) is 0 Å². The molecule has 144 valence electrons. The van der Waals surface area contributed by atoms with Crippen LogP contribution in [0.25, 0.3) is 5.69 Å². The van der Waals surface area contributed by atoms with Gasteiger partial charge in [0.15, 0.2) is 5.76 Å². The molecule has 4 rings (SSSR count). The molecule has 1 aliphatic rings. The van der Waals surface area contributed by atoms with Crippen molar-refractivity contribution < 1.29 is 9.21 Å². The Balaban J connectivity index is 1.54. The van der Waals surface area contributed by atoms with Crippen LogP contribution >= 0.6 is 11.6 Å². The first-order valence-corrected chi connectivity index (χ1v) is 9.11. The molecule has 8 nitrogen and oxygen atoms in total. The molecule has 1 saturated heterocycles. The maximum absolute atomic E-state index is 12.6. The van der Waals surface area contributed by atoms with Crippen LogP contribution in [0.2, 0.25) is 5.02 Å². The molecule has 1 amide bonds. The Morgan fingerprint density at radius 3 is 2.43 bits per heavy atom. The summed E-state index contributed by atoms with van der Waals surface area (Å²) < 4.78 is 6.15. The Bertz CT molecular complexity index is 1080. The molecule has 0 unspecified atom stereocenters. The van der Waals surface area contributed by atoms with Gasteiger partial charge >= 0.3 is 5.69 Å². The van der Waals surface area contributed by atoms with Crippen molar-refractivity contribution in [1.82, 2.24) is 14.5 Å². The summed E-state index contributed by atoms with van der Waals surface area (Å²) in [7, 11) is 0. The van der Waals surface area contributed by atoms with Crippen LogP contribution in [0.4, 0.5) is 5.82 Å². The number of amides is 1. The van der Waals surface area contributed by atoms with E-state index in [1.165, 1.54) is 12.3 Å². The fourth-order valence-electron chi connectivity index (χ4n) is 3.22. The Hall–Kier alpha value is -3.26. The minimum absolute atomic E-state index is 0.174. The first-order valence-electron chi connectivity index (χ1n) is 8.73. The summed E-state index contributed by atoms with van der Waals surface area (Å²) in [4.78, 5) is 43.7. The SMILES string of the molecule is O=C(c1ccco1)N1CCN(c2cc(=O)n(-c3ccccc3Cl)c(=O)[nH]2)CC1. The summed E-state index contributed by atoms with van der Waals surface area (Å²) in [6.07, 6.45) is 1.46. The van der Waals surface area contributed by atoms with Gasteiger partial charge in [0, 0.05) is 32.2 Å². The fraction of sp³-hybridized carbons (Fsp3) is 0.211. The molecule has 1 aliphatic heterocycles. The highest BCUT2D eigenvalue weighted by atomic mass is 35.5.